The first kappa shape index (κ1) is 21.2. The van der Waals surface area contributed by atoms with Crippen molar-refractivity contribution in [2.45, 2.75) is 39.0 Å². The van der Waals surface area contributed by atoms with Gasteiger partial charge in [0.05, 0.1) is 11.3 Å². The molecule has 1 atom stereocenters. The highest BCUT2D eigenvalue weighted by Gasteiger charge is 2.28. The number of aromatic nitrogens is 2. The van der Waals surface area contributed by atoms with Gasteiger partial charge in [-0.3, -0.25) is 4.79 Å². The van der Waals surface area contributed by atoms with Crippen LogP contribution >= 0.6 is 11.3 Å². The molecule has 1 amide bonds. The molecule has 1 fully saturated rings. The third-order valence-electron chi connectivity index (χ3n) is 6.69. The third-order valence-corrected chi connectivity index (χ3v) is 7.87. The van der Waals surface area contributed by atoms with Gasteiger partial charge in [0.15, 0.2) is 0 Å². The Labute approximate surface area is 193 Å². The van der Waals surface area contributed by atoms with Crippen LogP contribution in [0.15, 0.2) is 36.7 Å². The average Bonchev–Trinajstić information content (AvgIpc) is 3.28. The van der Waals surface area contributed by atoms with E-state index in [0.29, 0.717) is 6.54 Å². The van der Waals surface area contributed by atoms with Crippen molar-refractivity contribution in [1.82, 2.24) is 15.3 Å². The van der Waals surface area contributed by atoms with Crippen LogP contribution in [0.2, 0.25) is 0 Å². The molecular weight excluding hydrogens is 418 g/mol. The molecule has 7 heteroatoms. The minimum Gasteiger partial charge on any atom is -0.370 e. The van der Waals surface area contributed by atoms with Crippen LogP contribution in [0.3, 0.4) is 0 Å². The van der Waals surface area contributed by atoms with E-state index in [1.54, 1.807) is 17.7 Å². The zero-order valence-corrected chi connectivity index (χ0v) is 19.5. The van der Waals surface area contributed by atoms with Crippen LogP contribution in [-0.4, -0.2) is 48.6 Å². The van der Waals surface area contributed by atoms with E-state index in [-0.39, 0.29) is 11.8 Å². The molecule has 0 radical (unpaired) electrons. The number of rotatable bonds is 6. The van der Waals surface area contributed by atoms with E-state index in [9.17, 15) is 4.79 Å². The Morgan fingerprint density at radius 1 is 1.22 bits per heavy atom. The number of hydrogen-bond acceptors (Lipinski definition) is 6. The number of aryl methyl sites for hydroxylation is 2. The van der Waals surface area contributed by atoms with Gasteiger partial charge in [0.1, 0.15) is 17.0 Å². The number of para-hydroxylation sites is 1. The molecule has 2 aliphatic heterocycles. The molecule has 1 aromatic carbocycles. The van der Waals surface area contributed by atoms with Gasteiger partial charge in [0, 0.05) is 43.3 Å². The predicted molar refractivity (Wildman–Crippen MR) is 132 cm³/mol. The third kappa shape index (κ3) is 4.31. The van der Waals surface area contributed by atoms with Crippen LogP contribution in [0, 0.1) is 5.92 Å². The van der Waals surface area contributed by atoms with Crippen molar-refractivity contribution in [3.05, 3.63) is 47.1 Å². The Bertz CT molecular complexity index is 1100. The Hall–Kier alpha value is -2.67. The lowest BCUT2D eigenvalue weighted by Crippen LogP contribution is -2.45. The van der Waals surface area contributed by atoms with E-state index in [1.807, 2.05) is 0 Å². The maximum Gasteiger partial charge on any atom is 0.224 e. The second-order valence-electron chi connectivity index (χ2n) is 8.78. The first-order chi connectivity index (χ1) is 15.7. The molecule has 0 bridgehead atoms. The van der Waals surface area contributed by atoms with Gasteiger partial charge in [-0.1, -0.05) is 25.1 Å². The number of fused-ring (bicyclic) bond motifs is 2. The second kappa shape index (κ2) is 9.45. The van der Waals surface area contributed by atoms with Crippen LogP contribution in [0.4, 0.5) is 11.5 Å². The zero-order chi connectivity index (χ0) is 21.9. The molecule has 6 nitrogen and oxygen atoms in total. The number of hydrogen-bond donors (Lipinski definition) is 1. The summed E-state index contributed by atoms with van der Waals surface area (Å²) in [6.45, 7) is 6.45. The van der Waals surface area contributed by atoms with Crippen LogP contribution in [0.5, 0.6) is 0 Å². The zero-order valence-electron chi connectivity index (χ0n) is 18.7. The number of carbonyl (C=O) groups is 1. The summed E-state index contributed by atoms with van der Waals surface area (Å²) in [5.74, 6) is 1.16. The fourth-order valence-electron chi connectivity index (χ4n) is 5.00. The fraction of sp³-hybridized carbons (Fsp3) is 0.480. The number of nitrogens with one attached hydrogen (secondary N) is 1. The molecular formula is C25H31N5OS. The molecule has 0 unspecified atom stereocenters. The van der Waals surface area contributed by atoms with Crippen LogP contribution in [-0.2, 0) is 17.6 Å². The number of piperidine rings is 1. The molecule has 168 valence electrons. The number of anilines is 2. The quantitative estimate of drug-likeness (QED) is 0.615. The van der Waals surface area contributed by atoms with Gasteiger partial charge >= 0.3 is 0 Å². The highest BCUT2D eigenvalue weighted by Crippen LogP contribution is 2.32. The number of benzene rings is 1. The summed E-state index contributed by atoms with van der Waals surface area (Å²) in [6, 6.07) is 10.9. The van der Waals surface area contributed by atoms with Gasteiger partial charge in [0.2, 0.25) is 5.91 Å². The second-order valence-corrected chi connectivity index (χ2v) is 9.89. The SMILES string of the molecule is CCc1cc2c(N3CCC[C@@H](C(=O)NCCN4CCCc5ccccc54)C3)ncnc2s1. The summed E-state index contributed by atoms with van der Waals surface area (Å²) < 4.78 is 0. The maximum absolute atomic E-state index is 13.0. The van der Waals surface area contributed by atoms with Crippen LogP contribution < -0.4 is 15.1 Å². The Morgan fingerprint density at radius 3 is 3.03 bits per heavy atom. The average molecular weight is 450 g/mol. The lowest BCUT2D eigenvalue weighted by Gasteiger charge is -2.34. The normalized spacial score (nSPS) is 18.6. The van der Waals surface area contributed by atoms with Gasteiger partial charge in [-0.2, -0.15) is 0 Å². The van der Waals surface area contributed by atoms with Crippen molar-refractivity contribution >= 4 is 39.0 Å². The monoisotopic (exact) mass is 449 g/mol. The lowest BCUT2D eigenvalue weighted by atomic mass is 9.97. The van der Waals surface area contributed by atoms with Crippen molar-refractivity contribution in [1.29, 1.82) is 0 Å². The van der Waals surface area contributed by atoms with E-state index < -0.39 is 0 Å². The molecule has 32 heavy (non-hydrogen) atoms. The van der Waals surface area contributed by atoms with E-state index in [2.05, 4.69) is 62.3 Å². The van der Waals surface area contributed by atoms with Crippen molar-refractivity contribution in [2.75, 3.05) is 42.5 Å². The first-order valence-electron chi connectivity index (χ1n) is 11.8. The molecule has 0 saturated carbocycles. The molecule has 2 aromatic heterocycles. The summed E-state index contributed by atoms with van der Waals surface area (Å²) in [5.41, 5.74) is 2.75. The van der Waals surface area contributed by atoms with Crippen LogP contribution in [0.1, 0.15) is 36.6 Å². The highest BCUT2D eigenvalue weighted by molar-refractivity contribution is 7.18. The molecule has 5 rings (SSSR count). The molecule has 4 heterocycles. The maximum atomic E-state index is 13.0. The van der Waals surface area contributed by atoms with Crippen molar-refractivity contribution in [3.63, 3.8) is 0 Å². The van der Waals surface area contributed by atoms with Gasteiger partial charge in [-0.05, 0) is 49.8 Å². The van der Waals surface area contributed by atoms with Gasteiger partial charge in [0.25, 0.3) is 0 Å². The van der Waals surface area contributed by atoms with E-state index >= 15 is 0 Å². The van der Waals surface area contributed by atoms with E-state index in [4.69, 9.17) is 0 Å². The highest BCUT2D eigenvalue weighted by atomic mass is 32.1. The predicted octanol–water partition coefficient (Wildman–Crippen LogP) is 4.04. The minimum absolute atomic E-state index is 0.00619. The lowest BCUT2D eigenvalue weighted by molar-refractivity contribution is -0.125. The minimum atomic E-state index is 0.00619. The van der Waals surface area contributed by atoms with E-state index in [0.717, 1.165) is 67.9 Å². The number of nitrogens with zero attached hydrogens (tertiary/aromatic N) is 4. The van der Waals surface area contributed by atoms with Crippen LogP contribution in [0.25, 0.3) is 10.2 Å². The van der Waals surface area contributed by atoms with E-state index in [1.165, 1.54) is 22.5 Å². The molecule has 1 N–H and O–H groups in total. The van der Waals surface area contributed by atoms with Gasteiger partial charge < -0.3 is 15.1 Å². The van der Waals surface area contributed by atoms with Crippen molar-refractivity contribution in [2.24, 2.45) is 5.92 Å². The summed E-state index contributed by atoms with van der Waals surface area (Å²) >= 11 is 1.74. The summed E-state index contributed by atoms with van der Waals surface area (Å²) in [6.07, 6.45) is 6.94. The van der Waals surface area contributed by atoms with Gasteiger partial charge in [-0.15, -0.1) is 11.3 Å². The first-order valence-corrected chi connectivity index (χ1v) is 12.6. The molecule has 2 aliphatic rings. The van der Waals surface area contributed by atoms with Crippen molar-refractivity contribution in [3.8, 4) is 0 Å². The number of amides is 1. The molecule has 0 spiro atoms. The van der Waals surface area contributed by atoms with Gasteiger partial charge in [-0.25, -0.2) is 9.97 Å². The Morgan fingerprint density at radius 2 is 2.12 bits per heavy atom. The Balaban J connectivity index is 1.20. The summed E-state index contributed by atoms with van der Waals surface area (Å²) in [7, 11) is 0. The standard InChI is InChI=1S/C25H31N5OS/c1-2-20-15-21-23(27-17-28-25(21)32-20)30-13-6-9-19(16-30)24(31)26-11-14-29-12-5-8-18-7-3-4-10-22(18)29/h3-4,7,10,15,17,19H,2,5-6,8-9,11-14,16H2,1H3,(H,26,31)/t19-/m1/s1. The van der Waals surface area contributed by atoms with Crippen molar-refractivity contribution < 1.29 is 4.79 Å². The number of thiophene rings is 1. The fourth-order valence-corrected chi connectivity index (χ4v) is 5.93. The number of carbonyl (C=O) groups excluding carboxylic acids is 1. The summed E-state index contributed by atoms with van der Waals surface area (Å²) in [4.78, 5) is 29.1. The topological polar surface area (TPSA) is 61.4 Å². The molecule has 1 saturated heterocycles. The molecule has 3 aromatic rings. The Kier molecular flexibility index (Phi) is 6.26. The summed E-state index contributed by atoms with van der Waals surface area (Å²) in [5, 5.41) is 4.34. The smallest absolute Gasteiger partial charge is 0.224 e. The molecule has 0 aliphatic carbocycles. The largest absolute Gasteiger partial charge is 0.370 e.